The summed E-state index contributed by atoms with van der Waals surface area (Å²) in [5.41, 5.74) is 2.04. The Hall–Kier alpha value is -2.39. The van der Waals surface area contributed by atoms with E-state index in [0.29, 0.717) is 30.3 Å². The van der Waals surface area contributed by atoms with Gasteiger partial charge in [-0.15, -0.1) is 11.3 Å². The monoisotopic (exact) mass is 486 g/mol. The molecular formula is C25H30N2O4S2. The van der Waals surface area contributed by atoms with Crippen LogP contribution in [0.25, 0.3) is 0 Å². The van der Waals surface area contributed by atoms with E-state index in [-0.39, 0.29) is 6.04 Å². The summed E-state index contributed by atoms with van der Waals surface area (Å²) in [6, 6.07) is 19.2. The van der Waals surface area contributed by atoms with Crippen LogP contribution in [0.4, 0.5) is 5.69 Å². The average Bonchev–Trinajstić information content (AvgIpc) is 3.35. The third-order valence-electron chi connectivity index (χ3n) is 6.05. The van der Waals surface area contributed by atoms with Gasteiger partial charge in [0.2, 0.25) is 0 Å². The molecule has 33 heavy (non-hydrogen) atoms. The molecule has 2 aromatic carbocycles. The molecule has 0 bridgehead atoms. The van der Waals surface area contributed by atoms with Crippen molar-refractivity contribution in [2.24, 2.45) is 0 Å². The van der Waals surface area contributed by atoms with Gasteiger partial charge in [0.1, 0.15) is 9.96 Å². The average molecular weight is 487 g/mol. The lowest BCUT2D eigenvalue weighted by Crippen LogP contribution is -2.55. The number of nitrogens with zero attached hydrogens (tertiary/aromatic N) is 2. The molecule has 2 heterocycles. The van der Waals surface area contributed by atoms with E-state index in [4.69, 9.17) is 4.74 Å². The molecule has 0 aliphatic carbocycles. The van der Waals surface area contributed by atoms with Crippen molar-refractivity contribution < 1.29 is 18.3 Å². The zero-order chi connectivity index (χ0) is 23.6. The number of sulfonamides is 1. The van der Waals surface area contributed by atoms with Crippen LogP contribution in [0.3, 0.4) is 0 Å². The number of piperazine rings is 1. The standard InChI is InChI=1S/C25H30N2O4S2/c1-25(2,28)20-9-11-21(12-10-20)27-14-13-26(33(29,30)24-8-5-15-32-24)18-22(27)16-19-6-4-7-23(17-19)31-3/h4-12,15,17,22,28H,13-14,16,18H2,1-3H3. The van der Waals surface area contributed by atoms with E-state index < -0.39 is 15.6 Å². The minimum Gasteiger partial charge on any atom is -0.497 e. The molecule has 1 aliphatic heterocycles. The first-order valence-electron chi connectivity index (χ1n) is 10.9. The van der Waals surface area contributed by atoms with Gasteiger partial charge in [-0.25, -0.2) is 8.42 Å². The lowest BCUT2D eigenvalue weighted by Gasteiger charge is -2.42. The van der Waals surface area contributed by atoms with Gasteiger partial charge in [0.25, 0.3) is 10.0 Å². The van der Waals surface area contributed by atoms with Gasteiger partial charge < -0.3 is 14.7 Å². The maximum Gasteiger partial charge on any atom is 0.252 e. The Morgan fingerprint density at radius 2 is 1.85 bits per heavy atom. The van der Waals surface area contributed by atoms with E-state index in [9.17, 15) is 13.5 Å². The number of benzene rings is 2. The quantitative estimate of drug-likeness (QED) is 0.544. The number of ether oxygens (including phenoxy) is 1. The fourth-order valence-corrected chi connectivity index (χ4v) is 6.84. The van der Waals surface area contributed by atoms with Crippen molar-refractivity contribution in [3.8, 4) is 5.75 Å². The smallest absolute Gasteiger partial charge is 0.252 e. The van der Waals surface area contributed by atoms with E-state index in [1.165, 1.54) is 11.3 Å². The van der Waals surface area contributed by atoms with Crippen molar-refractivity contribution >= 4 is 27.0 Å². The number of aliphatic hydroxyl groups is 1. The van der Waals surface area contributed by atoms with Crippen molar-refractivity contribution in [2.45, 2.75) is 36.1 Å². The Morgan fingerprint density at radius 1 is 1.09 bits per heavy atom. The summed E-state index contributed by atoms with van der Waals surface area (Å²) < 4.78 is 33.8. The van der Waals surface area contributed by atoms with Gasteiger partial charge >= 0.3 is 0 Å². The molecule has 1 fully saturated rings. The predicted octanol–water partition coefficient (Wildman–Crippen LogP) is 4.11. The molecule has 1 atom stereocenters. The van der Waals surface area contributed by atoms with Gasteiger partial charge in [-0.05, 0) is 67.1 Å². The van der Waals surface area contributed by atoms with Crippen LogP contribution in [0, 0.1) is 0 Å². The molecule has 4 rings (SSSR count). The number of hydrogen-bond acceptors (Lipinski definition) is 6. The maximum atomic E-state index is 13.2. The molecule has 8 heteroatoms. The summed E-state index contributed by atoms with van der Waals surface area (Å²) in [5.74, 6) is 0.785. The van der Waals surface area contributed by atoms with Crippen molar-refractivity contribution in [2.75, 3.05) is 31.6 Å². The van der Waals surface area contributed by atoms with Crippen LogP contribution in [-0.4, -0.2) is 50.6 Å². The Kier molecular flexibility index (Phi) is 6.81. The highest BCUT2D eigenvalue weighted by molar-refractivity contribution is 7.91. The van der Waals surface area contributed by atoms with E-state index in [1.807, 2.05) is 48.5 Å². The van der Waals surface area contributed by atoms with Crippen molar-refractivity contribution in [3.05, 3.63) is 77.2 Å². The molecule has 6 nitrogen and oxygen atoms in total. The second-order valence-electron chi connectivity index (χ2n) is 8.80. The van der Waals surface area contributed by atoms with Crippen LogP contribution in [0.2, 0.25) is 0 Å². The molecule has 0 saturated carbocycles. The highest BCUT2D eigenvalue weighted by Gasteiger charge is 2.35. The Balaban J connectivity index is 1.64. The molecule has 1 aromatic heterocycles. The number of methoxy groups -OCH3 is 1. The number of hydrogen-bond donors (Lipinski definition) is 1. The molecule has 0 spiro atoms. The van der Waals surface area contributed by atoms with Crippen LogP contribution in [-0.2, 0) is 22.0 Å². The summed E-state index contributed by atoms with van der Waals surface area (Å²) in [6.45, 7) is 4.93. The zero-order valence-electron chi connectivity index (χ0n) is 19.1. The number of anilines is 1. The first-order chi connectivity index (χ1) is 15.7. The molecule has 1 saturated heterocycles. The van der Waals surface area contributed by atoms with E-state index in [2.05, 4.69) is 4.90 Å². The predicted molar refractivity (Wildman–Crippen MR) is 133 cm³/mol. The summed E-state index contributed by atoms with van der Waals surface area (Å²) in [5, 5.41) is 12.1. The van der Waals surface area contributed by atoms with E-state index in [0.717, 1.165) is 22.6 Å². The fourth-order valence-electron chi connectivity index (χ4n) is 4.23. The maximum absolute atomic E-state index is 13.2. The van der Waals surface area contributed by atoms with Gasteiger partial charge in [0, 0.05) is 31.4 Å². The Bertz CT molecular complexity index is 1170. The molecule has 3 aromatic rings. The Morgan fingerprint density at radius 3 is 2.48 bits per heavy atom. The molecule has 1 N–H and O–H groups in total. The SMILES string of the molecule is COc1cccc(CC2CN(S(=O)(=O)c3cccs3)CCN2c2ccc(C(C)(C)O)cc2)c1. The van der Waals surface area contributed by atoms with Crippen molar-refractivity contribution in [1.29, 1.82) is 0 Å². The third kappa shape index (κ3) is 5.24. The van der Waals surface area contributed by atoms with Crippen LogP contribution in [0.5, 0.6) is 5.75 Å². The van der Waals surface area contributed by atoms with Gasteiger partial charge in [-0.2, -0.15) is 4.31 Å². The van der Waals surface area contributed by atoms with Gasteiger partial charge in [0.15, 0.2) is 0 Å². The summed E-state index contributed by atoms with van der Waals surface area (Å²) in [6.07, 6.45) is 0.681. The first-order valence-corrected chi connectivity index (χ1v) is 13.3. The topological polar surface area (TPSA) is 70.1 Å². The normalized spacial score (nSPS) is 17.8. The molecule has 1 unspecified atom stereocenters. The van der Waals surface area contributed by atoms with Crippen LogP contribution >= 0.6 is 11.3 Å². The van der Waals surface area contributed by atoms with Gasteiger partial charge in [-0.3, -0.25) is 0 Å². The minimum absolute atomic E-state index is 0.0476. The molecule has 0 radical (unpaired) electrons. The second-order valence-corrected chi connectivity index (χ2v) is 11.9. The molecule has 1 aliphatic rings. The summed E-state index contributed by atoms with van der Waals surface area (Å²) in [4.78, 5) is 2.27. The summed E-state index contributed by atoms with van der Waals surface area (Å²) >= 11 is 1.25. The lowest BCUT2D eigenvalue weighted by molar-refractivity contribution is 0.0786. The highest BCUT2D eigenvalue weighted by atomic mass is 32.2. The minimum atomic E-state index is -3.52. The van der Waals surface area contributed by atoms with Crippen LogP contribution in [0.1, 0.15) is 25.0 Å². The van der Waals surface area contributed by atoms with Gasteiger partial charge in [0.05, 0.1) is 12.7 Å². The number of thiophene rings is 1. The van der Waals surface area contributed by atoms with E-state index >= 15 is 0 Å². The van der Waals surface area contributed by atoms with E-state index in [1.54, 1.807) is 42.8 Å². The molecular weight excluding hydrogens is 456 g/mol. The van der Waals surface area contributed by atoms with Gasteiger partial charge in [-0.1, -0.05) is 30.3 Å². The lowest BCUT2D eigenvalue weighted by atomic mass is 9.97. The first kappa shape index (κ1) is 23.8. The summed E-state index contributed by atoms with van der Waals surface area (Å²) in [7, 11) is -1.88. The zero-order valence-corrected chi connectivity index (χ0v) is 20.8. The Labute approximate surface area is 200 Å². The largest absolute Gasteiger partial charge is 0.497 e. The van der Waals surface area contributed by atoms with Crippen LogP contribution in [0.15, 0.2) is 70.3 Å². The van der Waals surface area contributed by atoms with Crippen molar-refractivity contribution in [1.82, 2.24) is 4.31 Å². The number of rotatable bonds is 7. The highest BCUT2D eigenvalue weighted by Crippen LogP contribution is 2.30. The molecule has 176 valence electrons. The molecule has 0 amide bonds. The second kappa shape index (κ2) is 9.46. The van der Waals surface area contributed by atoms with Crippen molar-refractivity contribution in [3.63, 3.8) is 0 Å². The third-order valence-corrected chi connectivity index (χ3v) is 9.28. The van der Waals surface area contributed by atoms with Crippen LogP contribution < -0.4 is 9.64 Å². The fraction of sp³-hybridized carbons (Fsp3) is 0.360.